The monoisotopic (exact) mass is 475 g/mol. The lowest BCUT2D eigenvalue weighted by atomic mass is 10.2. The van der Waals surface area contributed by atoms with E-state index in [0.717, 1.165) is 5.56 Å². The fourth-order valence-electron chi connectivity index (χ4n) is 1.91. The molecule has 0 fully saturated rings. The third-order valence-electron chi connectivity index (χ3n) is 2.86. The molecule has 0 aliphatic carbocycles. The number of ether oxygens (including phenoxy) is 2. The molecule has 1 rings (SSSR count). The molecule has 0 saturated heterocycles. The molecule has 1 aromatic rings. The molecule has 0 bridgehead atoms. The summed E-state index contributed by atoms with van der Waals surface area (Å²) in [4.78, 5) is 4.42. The van der Waals surface area contributed by atoms with E-state index in [-0.39, 0.29) is 35.8 Å². The number of hydrogen-bond donors (Lipinski definition) is 2. The van der Waals surface area contributed by atoms with Crippen molar-refractivity contribution >= 4 is 29.9 Å². The average molecular weight is 475 g/mol. The quantitative estimate of drug-likeness (QED) is 0.344. The van der Waals surface area contributed by atoms with Crippen LogP contribution in [0.3, 0.4) is 0 Å². The number of guanidine groups is 1. The first-order valence-corrected chi connectivity index (χ1v) is 7.66. The van der Waals surface area contributed by atoms with Crippen LogP contribution in [0.25, 0.3) is 0 Å². The number of halogens is 4. The summed E-state index contributed by atoms with van der Waals surface area (Å²) in [5.41, 5.74) is 0.756. The third kappa shape index (κ3) is 11.1. The minimum Gasteiger partial charge on any atom is -0.484 e. The number of nitrogens with one attached hydrogen (secondary N) is 2. The maximum atomic E-state index is 12.2. The van der Waals surface area contributed by atoms with Crippen LogP contribution in [0.15, 0.2) is 29.3 Å². The Morgan fingerprint density at radius 1 is 1.32 bits per heavy atom. The van der Waals surface area contributed by atoms with Crippen LogP contribution in [0.1, 0.15) is 19.4 Å². The van der Waals surface area contributed by atoms with E-state index in [1.54, 1.807) is 25.3 Å². The smallest absolute Gasteiger partial charge is 0.422 e. The number of methoxy groups -OCH3 is 1. The first-order chi connectivity index (χ1) is 11.3. The molecule has 0 amide bonds. The van der Waals surface area contributed by atoms with Gasteiger partial charge in [-0.05, 0) is 31.5 Å². The minimum atomic E-state index is -4.35. The lowest BCUT2D eigenvalue weighted by Gasteiger charge is -2.17. The normalized spacial score (nSPS) is 13.0. The molecule has 0 radical (unpaired) electrons. The summed E-state index contributed by atoms with van der Waals surface area (Å²) in [6, 6.07) is 6.55. The zero-order chi connectivity index (χ0) is 18.0. The lowest BCUT2D eigenvalue weighted by Crippen LogP contribution is -2.43. The number of nitrogens with zero attached hydrogens (tertiary/aromatic N) is 1. The molecule has 1 aromatic carbocycles. The van der Waals surface area contributed by atoms with Gasteiger partial charge in [-0.2, -0.15) is 13.2 Å². The van der Waals surface area contributed by atoms with Crippen molar-refractivity contribution in [1.82, 2.24) is 10.6 Å². The summed E-state index contributed by atoms with van der Waals surface area (Å²) in [6.45, 7) is 4.15. The van der Waals surface area contributed by atoms with Gasteiger partial charge in [-0.3, -0.25) is 0 Å². The van der Waals surface area contributed by atoms with Gasteiger partial charge in [0.05, 0.1) is 13.2 Å². The van der Waals surface area contributed by atoms with Crippen LogP contribution in [0.4, 0.5) is 13.2 Å². The minimum absolute atomic E-state index is 0. The number of aliphatic imine (C=N–C) groups is 1. The van der Waals surface area contributed by atoms with Gasteiger partial charge in [0, 0.05) is 19.7 Å². The Hall–Kier alpha value is -1.23. The highest BCUT2D eigenvalue weighted by Gasteiger charge is 2.28. The van der Waals surface area contributed by atoms with E-state index in [1.807, 2.05) is 13.8 Å². The SMILES string of the molecule is CCNC(=NCc1cccc(OCC(F)(F)F)c1)NC(C)COC.I. The standard InChI is InChI=1S/C16H24F3N3O2.HI/c1-4-20-15(22-12(2)10-23-3)21-9-13-6-5-7-14(8-13)24-11-16(17,18)19;/h5-8,12H,4,9-11H2,1-3H3,(H2,20,21,22);1H. The number of benzene rings is 1. The van der Waals surface area contributed by atoms with Gasteiger partial charge in [-0.15, -0.1) is 24.0 Å². The molecule has 0 saturated carbocycles. The van der Waals surface area contributed by atoms with Crippen molar-refractivity contribution in [2.45, 2.75) is 32.6 Å². The molecule has 0 heterocycles. The van der Waals surface area contributed by atoms with Crippen LogP contribution in [-0.4, -0.2) is 45.0 Å². The molecule has 9 heteroatoms. The maximum Gasteiger partial charge on any atom is 0.422 e. The van der Waals surface area contributed by atoms with Gasteiger partial charge in [0.25, 0.3) is 0 Å². The van der Waals surface area contributed by atoms with E-state index >= 15 is 0 Å². The van der Waals surface area contributed by atoms with E-state index in [9.17, 15) is 13.2 Å². The van der Waals surface area contributed by atoms with Gasteiger partial charge in [0.2, 0.25) is 0 Å². The number of hydrogen-bond acceptors (Lipinski definition) is 3. The van der Waals surface area contributed by atoms with Crippen molar-refractivity contribution in [3.05, 3.63) is 29.8 Å². The van der Waals surface area contributed by atoms with Crippen LogP contribution in [0, 0.1) is 0 Å². The molecule has 0 aliphatic heterocycles. The van der Waals surface area contributed by atoms with Gasteiger partial charge in [0.1, 0.15) is 5.75 Å². The highest BCUT2D eigenvalue weighted by molar-refractivity contribution is 14.0. The van der Waals surface area contributed by atoms with Crippen molar-refractivity contribution in [3.8, 4) is 5.75 Å². The second-order valence-corrected chi connectivity index (χ2v) is 5.25. The van der Waals surface area contributed by atoms with Crippen LogP contribution in [0.5, 0.6) is 5.75 Å². The van der Waals surface area contributed by atoms with E-state index in [0.29, 0.717) is 25.7 Å². The number of alkyl halides is 3. The van der Waals surface area contributed by atoms with Gasteiger partial charge in [0.15, 0.2) is 12.6 Å². The molecule has 144 valence electrons. The fraction of sp³-hybridized carbons (Fsp3) is 0.562. The van der Waals surface area contributed by atoms with Crippen LogP contribution >= 0.6 is 24.0 Å². The van der Waals surface area contributed by atoms with E-state index in [1.165, 1.54) is 6.07 Å². The Bertz CT molecular complexity index is 528. The Kier molecular flexibility index (Phi) is 11.6. The summed E-state index contributed by atoms with van der Waals surface area (Å²) < 4.78 is 46.4. The van der Waals surface area contributed by atoms with Crippen molar-refractivity contribution in [1.29, 1.82) is 0 Å². The van der Waals surface area contributed by atoms with Gasteiger partial charge in [-0.1, -0.05) is 12.1 Å². The summed E-state index contributed by atoms with van der Waals surface area (Å²) in [5.74, 6) is 0.786. The van der Waals surface area contributed by atoms with Gasteiger partial charge in [-0.25, -0.2) is 4.99 Å². The van der Waals surface area contributed by atoms with Crippen molar-refractivity contribution in [2.75, 3.05) is 26.9 Å². The van der Waals surface area contributed by atoms with Gasteiger partial charge >= 0.3 is 6.18 Å². The second-order valence-electron chi connectivity index (χ2n) is 5.25. The molecule has 1 atom stereocenters. The molecular weight excluding hydrogens is 450 g/mol. The zero-order valence-corrected chi connectivity index (χ0v) is 16.9. The van der Waals surface area contributed by atoms with Crippen LogP contribution < -0.4 is 15.4 Å². The summed E-state index contributed by atoms with van der Waals surface area (Å²) >= 11 is 0. The van der Waals surface area contributed by atoms with E-state index in [4.69, 9.17) is 9.47 Å². The molecule has 0 aromatic heterocycles. The Morgan fingerprint density at radius 2 is 2.04 bits per heavy atom. The largest absolute Gasteiger partial charge is 0.484 e. The first kappa shape index (κ1) is 23.8. The zero-order valence-electron chi connectivity index (χ0n) is 14.5. The highest BCUT2D eigenvalue weighted by atomic mass is 127. The topological polar surface area (TPSA) is 54.9 Å². The highest BCUT2D eigenvalue weighted by Crippen LogP contribution is 2.19. The molecule has 5 nitrogen and oxygen atoms in total. The Balaban J connectivity index is 0.00000576. The predicted octanol–water partition coefficient (Wildman–Crippen LogP) is 3.34. The number of rotatable bonds is 8. The van der Waals surface area contributed by atoms with Crippen molar-refractivity contribution in [2.24, 2.45) is 4.99 Å². The van der Waals surface area contributed by atoms with Crippen molar-refractivity contribution in [3.63, 3.8) is 0 Å². The second kappa shape index (κ2) is 12.2. The van der Waals surface area contributed by atoms with Crippen LogP contribution in [-0.2, 0) is 11.3 Å². The van der Waals surface area contributed by atoms with E-state index < -0.39 is 12.8 Å². The van der Waals surface area contributed by atoms with Gasteiger partial charge < -0.3 is 20.1 Å². The molecular formula is C16H25F3IN3O2. The summed E-state index contributed by atoms with van der Waals surface area (Å²) in [7, 11) is 1.62. The third-order valence-corrected chi connectivity index (χ3v) is 2.86. The molecule has 0 aliphatic rings. The summed E-state index contributed by atoms with van der Waals surface area (Å²) in [5, 5.41) is 6.29. The predicted molar refractivity (Wildman–Crippen MR) is 103 cm³/mol. The maximum absolute atomic E-state index is 12.2. The Labute approximate surface area is 163 Å². The Morgan fingerprint density at radius 3 is 2.64 bits per heavy atom. The summed E-state index contributed by atoms with van der Waals surface area (Å²) in [6.07, 6.45) is -4.35. The molecule has 0 spiro atoms. The molecule has 2 N–H and O–H groups in total. The lowest BCUT2D eigenvalue weighted by molar-refractivity contribution is -0.153. The van der Waals surface area contributed by atoms with E-state index in [2.05, 4.69) is 15.6 Å². The molecule has 25 heavy (non-hydrogen) atoms. The average Bonchev–Trinajstić information content (AvgIpc) is 2.51. The molecule has 1 unspecified atom stereocenters. The van der Waals surface area contributed by atoms with Crippen molar-refractivity contribution < 1.29 is 22.6 Å². The van der Waals surface area contributed by atoms with Crippen LogP contribution in [0.2, 0.25) is 0 Å². The fourth-order valence-corrected chi connectivity index (χ4v) is 1.91. The first-order valence-electron chi connectivity index (χ1n) is 7.66.